The first-order valence-corrected chi connectivity index (χ1v) is 12.1. The van der Waals surface area contributed by atoms with Gasteiger partial charge >= 0.3 is 6.09 Å². The molecule has 1 unspecified atom stereocenters. The molecule has 0 spiro atoms. The van der Waals surface area contributed by atoms with E-state index in [0.29, 0.717) is 13.1 Å². The fraction of sp³-hybridized carbons (Fsp3) is 0.500. The lowest BCUT2D eigenvalue weighted by molar-refractivity contribution is 0.0203. The average Bonchev–Trinajstić information content (AvgIpc) is 3.23. The Balaban J connectivity index is 1.31. The third kappa shape index (κ3) is 4.59. The predicted molar refractivity (Wildman–Crippen MR) is 129 cm³/mol. The van der Waals surface area contributed by atoms with Crippen LogP contribution in [0.3, 0.4) is 0 Å². The number of aromatic nitrogens is 3. The van der Waals surface area contributed by atoms with Gasteiger partial charge in [0, 0.05) is 25.0 Å². The zero-order valence-corrected chi connectivity index (χ0v) is 20.1. The van der Waals surface area contributed by atoms with Crippen molar-refractivity contribution in [3.8, 4) is 5.75 Å². The number of piperidine rings is 1. The van der Waals surface area contributed by atoms with Gasteiger partial charge in [-0.05, 0) is 69.7 Å². The fourth-order valence-corrected chi connectivity index (χ4v) is 4.95. The molecule has 1 aliphatic carbocycles. The highest BCUT2D eigenvalue weighted by Gasteiger charge is 2.30. The molecule has 2 atom stereocenters. The number of benzene rings is 1. The second-order valence-electron chi connectivity index (χ2n) is 10.3. The van der Waals surface area contributed by atoms with Crippen LogP contribution in [-0.4, -0.2) is 44.3 Å². The number of amides is 1. The molecular formula is C26H33N5O3. The normalized spacial score (nSPS) is 21.4. The van der Waals surface area contributed by atoms with Crippen LogP contribution in [0.2, 0.25) is 0 Å². The number of carbonyl (C=O) groups excluding carboxylic acids is 1. The minimum Gasteiger partial charge on any atom is -0.484 e. The van der Waals surface area contributed by atoms with Gasteiger partial charge in [-0.25, -0.2) is 4.79 Å². The first-order chi connectivity index (χ1) is 16.3. The van der Waals surface area contributed by atoms with Crippen molar-refractivity contribution < 1.29 is 14.3 Å². The van der Waals surface area contributed by atoms with Gasteiger partial charge in [0.2, 0.25) is 0 Å². The van der Waals surface area contributed by atoms with Crippen LogP contribution in [0.1, 0.15) is 81.5 Å². The van der Waals surface area contributed by atoms with Crippen molar-refractivity contribution in [2.45, 2.75) is 70.1 Å². The van der Waals surface area contributed by atoms with Crippen LogP contribution in [-0.2, 0) is 4.74 Å². The Morgan fingerprint density at radius 2 is 1.74 bits per heavy atom. The number of hydrogen-bond donors (Lipinski definition) is 1. The van der Waals surface area contributed by atoms with Gasteiger partial charge < -0.3 is 20.1 Å². The Labute approximate surface area is 200 Å². The van der Waals surface area contributed by atoms with Crippen molar-refractivity contribution >= 4 is 11.7 Å². The van der Waals surface area contributed by atoms with Crippen LogP contribution in [0, 0.1) is 0 Å². The molecule has 8 nitrogen and oxygen atoms in total. The maximum atomic E-state index is 12.4. The molecule has 1 aromatic carbocycles. The van der Waals surface area contributed by atoms with Crippen molar-refractivity contribution in [3.05, 3.63) is 59.5 Å². The van der Waals surface area contributed by atoms with Crippen LogP contribution < -0.4 is 10.5 Å². The van der Waals surface area contributed by atoms with Gasteiger partial charge in [-0.15, -0.1) is 10.2 Å². The molecule has 1 saturated heterocycles. The van der Waals surface area contributed by atoms with E-state index in [-0.39, 0.29) is 24.2 Å². The molecule has 180 valence electrons. The molecule has 34 heavy (non-hydrogen) atoms. The van der Waals surface area contributed by atoms with Gasteiger partial charge in [-0.1, -0.05) is 24.3 Å². The van der Waals surface area contributed by atoms with E-state index in [2.05, 4.69) is 22.3 Å². The van der Waals surface area contributed by atoms with E-state index in [1.807, 2.05) is 55.6 Å². The van der Waals surface area contributed by atoms with Crippen LogP contribution in [0.4, 0.5) is 4.79 Å². The molecule has 1 amide bonds. The van der Waals surface area contributed by atoms with Gasteiger partial charge in [-0.2, -0.15) is 0 Å². The van der Waals surface area contributed by atoms with Crippen LogP contribution in [0.15, 0.2) is 42.6 Å². The van der Waals surface area contributed by atoms with E-state index in [0.717, 1.165) is 42.9 Å². The number of nitrogens with two attached hydrogens (primary N) is 1. The standard InChI is InChI=1S/C26H33N5O3/c1-26(2,3)34-25(32)30-14-12-17(13-15-30)24-29-28-23-11-8-18(16-31(23)24)33-22-10-9-21(27)19-6-4-5-7-20(19)22/h4-8,11,16-17,21-22H,9-10,12-15,27H2,1-3H3/t21-,22?/m0/s1. The smallest absolute Gasteiger partial charge is 0.410 e. The number of ether oxygens (including phenoxy) is 2. The fourth-order valence-electron chi connectivity index (χ4n) is 4.95. The molecule has 3 aromatic rings. The van der Waals surface area contributed by atoms with Gasteiger partial charge in [-0.3, -0.25) is 4.40 Å². The summed E-state index contributed by atoms with van der Waals surface area (Å²) >= 11 is 0. The number of likely N-dealkylation sites (tertiary alicyclic amines) is 1. The minimum absolute atomic E-state index is 0.0227. The lowest BCUT2D eigenvalue weighted by atomic mass is 9.86. The maximum Gasteiger partial charge on any atom is 0.410 e. The number of carbonyl (C=O) groups is 1. The monoisotopic (exact) mass is 463 g/mol. The van der Waals surface area contributed by atoms with Crippen molar-refractivity contribution in [3.63, 3.8) is 0 Å². The highest BCUT2D eigenvalue weighted by atomic mass is 16.6. The Morgan fingerprint density at radius 1 is 1.00 bits per heavy atom. The Morgan fingerprint density at radius 3 is 2.47 bits per heavy atom. The average molecular weight is 464 g/mol. The zero-order valence-electron chi connectivity index (χ0n) is 20.1. The molecular weight excluding hydrogens is 430 g/mol. The zero-order chi connectivity index (χ0) is 23.9. The van der Waals surface area contributed by atoms with E-state index in [1.165, 1.54) is 11.1 Å². The second kappa shape index (κ2) is 8.91. The predicted octanol–water partition coefficient (Wildman–Crippen LogP) is 4.76. The van der Waals surface area contributed by atoms with Gasteiger partial charge in [0.15, 0.2) is 5.65 Å². The second-order valence-corrected chi connectivity index (χ2v) is 10.3. The highest BCUT2D eigenvalue weighted by molar-refractivity contribution is 5.68. The molecule has 8 heteroatoms. The van der Waals surface area contributed by atoms with Crippen LogP contribution in [0.25, 0.3) is 5.65 Å². The lowest BCUT2D eigenvalue weighted by Crippen LogP contribution is -2.41. The van der Waals surface area contributed by atoms with Crippen LogP contribution >= 0.6 is 0 Å². The van der Waals surface area contributed by atoms with Crippen molar-refractivity contribution in [2.24, 2.45) is 5.73 Å². The molecule has 3 heterocycles. The van der Waals surface area contributed by atoms with E-state index in [4.69, 9.17) is 15.2 Å². The lowest BCUT2D eigenvalue weighted by Gasteiger charge is -2.33. The molecule has 0 radical (unpaired) electrons. The van der Waals surface area contributed by atoms with E-state index >= 15 is 0 Å². The summed E-state index contributed by atoms with van der Waals surface area (Å²) < 4.78 is 14.0. The number of nitrogens with zero attached hydrogens (tertiary/aromatic N) is 4. The molecule has 2 N–H and O–H groups in total. The number of pyridine rings is 1. The van der Waals surface area contributed by atoms with Gasteiger partial charge in [0.05, 0.1) is 6.20 Å². The van der Waals surface area contributed by atoms with E-state index in [1.54, 1.807) is 4.90 Å². The maximum absolute atomic E-state index is 12.4. The highest BCUT2D eigenvalue weighted by Crippen LogP contribution is 2.38. The molecule has 5 rings (SSSR count). The molecule has 2 aliphatic rings. The van der Waals surface area contributed by atoms with Crippen molar-refractivity contribution in [2.75, 3.05) is 13.1 Å². The molecule has 2 aromatic heterocycles. The van der Waals surface area contributed by atoms with Crippen molar-refractivity contribution in [1.82, 2.24) is 19.5 Å². The summed E-state index contributed by atoms with van der Waals surface area (Å²) in [5.74, 6) is 1.92. The molecule has 1 fully saturated rings. The molecule has 1 aliphatic heterocycles. The Hall–Kier alpha value is -3.13. The number of fused-ring (bicyclic) bond motifs is 2. The summed E-state index contributed by atoms with van der Waals surface area (Å²) in [6, 6.07) is 12.2. The minimum atomic E-state index is -0.489. The van der Waals surface area contributed by atoms with E-state index < -0.39 is 5.60 Å². The Bertz CT molecular complexity index is 1180. The van der Waals surface area contributed by atoms with Crippen molar-refractivity contribution in [1.29, 1.82) is 0 Å². The summed E-state index contributed by atoms with van der Waals surface area (Å²) in [6.45, 7) is 6.95. The topological polar surface area (TPSA) is 95.0 Å². The SMILES string of the molecule is CC(C)(C)OC(=O)N1CCC(c2nnc3ccc(OC4CC[C@H](N)c5ccccc54)cn23)CC1. The molecule has 0 saturated carbocycles. The molecule has 0 bridgehead atoms. The summed E-state index contributed by atoms with van der Waals surface area (Å²) in [5, 5.41) is 8.85. The third-order valence-electron chi connectivity index (χ3n) is 6.67. The summed E-state index contributed by atoms with van der Waals surface area (Å²) in [4.78, 5) is 14.2. The first kappa shape index (κ1) is 22.7. The van der Waals surface area contributed by atoms with Gasteiger partial charge in [0.1, 0.15) is 23.3 Å². The number of hydrogen-bond acceptors (Lipinski definition) is 6. The quantitative estimate of drug-likeness (QED) is 0.602. The Kier molecular flexibility index (Phi) is 5.93. The summed E-state index contributed by atoms with van der Waals surface area (Å²) in [7, 11) is 0. The van der Waals surface area contributed by atoms with Crippen LogP contribution in [0.5, 0.6) is 5.75 Å². The first-order valence-electron chi connectivity index (χ1n) is 12.1. The van der Waals surface area contributed by atoms with E-state index in [9.17, 15) is 4.79 Å². The summed E-state index contributed by atoms with van der Waals surface area (Å²) in [5.41, 5.74) is 8.96. The third-order valence-corrected chi connectivity index (χ3v) is 6.67. The summed E-state index contributed by atoms with van der Waals surface area (Å²) in [6.07, 6.45) is 5.14. The van der Waals surface area contributed by atoms with Gasteiger partial charge in [0.25, 0.3) is 0 Å². The number of rotatable bonds is 3. The largest absolute Gasteiger partial charge is 0.484 e.